The Balaban J connectivity index is 1.63. The quantitative estimate of drug-likeness (QED) is 0.607. The number of rotatable bonds is 6. The van der Waals surface area contributed by atoms with E-state index in [0.29, 0.717) is 22.2 Å². The molecule has 28 heavy (non-hydrogen) atoms. The van der Waals surface area contributed by atoms with E-state index in [2.05, 4.69) is 14.5 Å². The van der Waals surface area contributed by atoms with Crippen molar-refractivity contribution in [3.05, 3.63) is 28.8 Å². The number of methoxy groups -OCH3 is 1. The van der Waals surface area contributed by atoms with Gasteiger partial charge in [-0.3, -0.25) is 14.6 Å². The highest BCUT2D eigenvalue weighted by molar-refractivity contribution is 7.22. The first-order valence-electron chi connectivity index (χ1n) is 9.01. The fourth-order valence-corrected chi connectivity index (χ4v) is 4.66. The van der Waals surface area contributed by atoms with Crippen LogP contribution in [-0.2, 0) is 4.74 Å². The van der Waals surface area contributed by atoms with E-state index >= 15 is 0 Å². The zero-order valence-electron chi connectivity index (χ0n) is 15.8. The number of hydrogen-bond acceptors (Lipinski definition) is 9. The topological polar surface area (TPSA) is 80.7 Å². The van der Waals surface area contributed by atoms with Gasteiger partial charge in [-0.2, -0.15) is 0 Å². The molecule has 3 heterocycles. The molecule has 1 aliphatic rings. The lowest BCUT2D eigenvalue weighted by Crippen LogP contribution is -2.43. The zero-order valence-corrected chi connectivity index (χ0v) is 17.4. The predicted octanol–water partition coefficient (Wildman–Crippen LogP) is 2.44. The molecule has 4 rings (SSSR count). The van der Waals surface area contributed by atoms with Gasteiger partial charge in [-0.25, -0.2) is 4.98 Å². The summed E-state index contributed by atoms with van der Waals surface area (Å²) in [4.78, 5) is 22.6. The molecule has 8 nitrogen and oxygen atoms in total. The number of anilines is 1. The maximum absolute atomic E-state index is 13.3. The number of thiazole rings is 1. The van der Waals surface area contributed by atoms with E-state index in [0.717, 1.165) is 60.3 Å². The van der Waals surface area contributed by atoms with Gasteiger partial charge in [-0.05, 0) is 36.7 Å². The van der Waals surface area contributed by atoms with E-state index in [9.17, 15) is 4.79 Å². The van der Waals surface area contributed by atoms with Gasteiger partial charge >= 0.3 is 0 Å². The van der Waals surface area contributed by atoms with Crippen LogP contribution in [0.3, 0.4) is 0 Å². The molecule has 0 radical (unpaired) electrons. The second-order valence-electron chi connectivity index (χ2n) is 6.43. The molecule has 2 aromatic heterocycles. The highest BCUT2D eigenvalue weighted by Crippen LogP contribution is 2.32. The van der Waals surface area contributed by atoms with Crippen molar-refractivity contribution < 1.29 is 14.3 Å². The molecule has 10 heteroatoms. The fraction of sp³-hybridized carbons (Fsp3) is 0.444. The molecule has 0 bridgehead atoms. The summed E-state index contributed by atoms with van der Waals surface area (Å²) in [6, 6.07) is 5.74. The van der Waals surface area contributed by atoms with Crippen LogP contribution in [0.4, 0.5) is 5.13 Å². The molecule has 1 aliphatic heterocycles. The molecule has 1 fully saturated rings. The highest BCUT2D eigenvalue weighted by atomic mass is 32.1. The van der Waals surface area contributed by atoms with Crippen molar-refractivity contribution in [3.8, 4) is 5.75 Å². The van der Waals surface area contributed by atoms with E-state index < -0.39 is 0 Å². The number of aromatic nitrogens is 3. The molecular formula is C18H21N5O3S2. The zero-order chi connectivity index (χ0) is 19.5. The Labute approximate surface area is 170 Å². The van der Waals surface area contributed by atoms with Crippen molar-refractivity contribution in [1.29, 1.82) is 0 Å². The Hall–Kier alpha value is -2.14. The molecule has 1 saturated heterocycles. The van der Waals surface area contributed by atoms with Crippen molar-refractivity contribution in [2.24, 2.45) is 0 Å². The molecule has 0 spiro atoms. The minimum absolute atomic E-state index is 0.105. The SMILES string of the molecule is COc1ccc2nc(N(CCN3CCOCC3)C(=O)c3snnc3C)sc2c1. The van der Waals surface area contributed by atoms with Gasteiger partial charge in [0.1, 0.15) is 10.6 Å². The van der Waals surface area contributed by atoms with Crippen LogP contribution in [0.15, 0.2) is 18.2 Å². The summed E-state index contributed by atoms with van der Waals surface area (Å²) in [5.74, 6) is 0.670. The summed E-state index contributed by atoms with van der Waals surface area (Å²) in [5, 5.41) is 4.67. The standard InChI is InChI=1S/C18H21N5O3S2/c1-12-16(28-21-20-12)17(24)23(6-5-22-7-9-26-10-8-22)18-19-14-4-3-13(25-2)11-15(14)27-18/h3-4,11H,5-10H2,1-2H3. The largest absolute Gasteiger partial charge is 0.497 e. The van der Waals surface area contributed by atoms with Gasteiger partial charge in [0.15, 0.2) is 5.13 Å². The monoisotopic (exact) mass is 419 g/mol. The average molecular weight is 420 g/mol. The number of morpholine rings is 1. The minimum Gasteiger partial charge on any atom is -0.497 e. The first-order valence-corrected chi connectivity index (χ1v) is 10.6. The number of nitrogens with zero attached hydrogens (tertiary/aromatic N) is 5. The predicted molar refractivity (Wildman–Crippen MR) is 110 cm³/mol. The molecule has 148 valence electrons. The molecule has 0 atom stereocenters. The molecule has 0 saturated carbocycles. The number of carbonyl (C=O) groups excluding carboxylic acids is 1. The summed E-state index contributed by atoms with van der Waals surface area (Å²) in [5.41, 5.74) is 1.50. The Bertz CT molecular complexity index is 967. The van der Waals surface area contributed by atoms with E-state index in [-0.39, 0.29) is 5.91 Å². The van der Waals surface area contributed by atoms with Gasteiger partial charge in [0.05, 0.1) is 36.2 Å². The molecule has 3 aromatic rings. The summed E-state index contributed by atoms with van der Waals surface area (Å²) in [7, 11) is 1.64. The summed E-state index contributed by atoms with van der Waals surface area (Å²) < 4.78 is 15.6. The van der Waals surface area contributed by atoms with Gasteiger partial charge in [0, 0.05) is 26.2 Å². The van der Waals surface area contributed by atoms with Crippen molar-refractivity contribution >= 4 is 44.1 Å². The summed E-state index contributed by atoms with van der Waals surface area (Å²) in [6.07, 6.45) is 0. The average Bonchev–Trinajstić information content (AvgIpc) is 3.34. The van der Waals surface area contributed by atoms with E-state index in [1.54, 1.807) is 18.9 Å². The van der Waals surface area contributed by atoms with Gasteiger partial charge in [-0.15, -0.1) is 5.10 Å². The number of benzene rings is 1. The van der Waals surface area contributed by atoms with Gasteiger partial charge in [0.2, 0.25) is 0 Å². The van der Waals surface area contributed by atoms with Crippen LogP contribution >= 0.6 is 22.9 Å². The third-order valence-electron chi connectivity index (χ3n) is 4.65. The first kappa shape index (κ1) is 19.2. The van der Waals surface area contributed by atoms with Gasteiger partial charge in [0.25, 0.3) is 5.91 Å². The van der Waals surface area contributed by atoms with E-state index in [1.165, 1.54) is 11.3 Å². The normalized spacial score (nSPS) is 15.1. The molecule has 1 aromatic carbocycles. The van der Waals surface area contributed by atoms with Crippen molar-refractivity contribution in [2.45, 2.75) is 6.92 Å². The Morgan fingerprint density at radius 2 is 2.18 bits per heavy atom. The van der Waals surface area contributed by atoms with E-state index in [1.807, 2.05) is 18.2 Å². The molecule has 1 amide bonds. The van der Waals surface area contributed by atoms with Crippen molar-refractivity contribution in [2.75, 3.05) is 51.4 Å². The number of aryl methyl sites for hydroxylation is 1. The maximum atomic E-state index is 13.3. The third-order valence-corrected chi connectivity index (χ3v) is 6.51. The summed E-state index contributed by atoms with van der Waals surface area (Å²) in [6.45, 7) is 6.33. The van der Waals surface area contributed by atoms with Crippen LogP contribution in [0.2, 0.25) is 0 Å². The molecular weight excluding hydrogens is 398 g/mol. The molecule has 0 unspecified atom stereocenters. The Morgan fingerprint density at radius 3 is 2.89 bits per heavy atom. The van der Waals surface area contributed by atoms with Gasteiger partial charge in [-0.1, -0.05) is 15.8 Å². The lowest BCUT2D eigenvalue weighted by molar-refractivity contribution is 0.0391. The third kappa shape index (κ3) is 4.00. The number of amides is 1. The number of ether oxygens (including phenoxy) is 2. The first-order chi connectivity index (χ1) is 13.7. The Kier molecular flexibility index (Phi) is 5.81. The Morgan fingerprint density at radius 1 is 1.36 bits per heavy atom. The highest BCUT2D eigenvalue weighted by Gasteiger charge is 2.26. The molecule has 0 aliphatic carbocycles. The summed E-state index contributed by atoms with van der Waals surface area (Å²) >= 11 is 2.61. The van der Waals surface area contributed by atoms with E-state index in [4.69, 9.17) is 14.5 Å². The lowest BCUT2D eigenvalue weighted by atomic mass is 10.3. The van der Waals surface area contributed by atoms with Crippen LogP contribution in [0.5, 0.6) is 5.75 Å². The number of carbonyl (C=O) groups is 1. The number of fused-ring (bicyclic) bond motifs is 1. The van der Waals surface area contributed by atoms with Crippen LogP contribution in [0.25, 0.3) is 10.2 Å². The molecule has 0 N–H and O–H groups in total. The minimum atomic E-state index is -0.105. The van der Waals surface area contributed by atoms with Crippen molar-refractivity contribution in [1.82, 2.24) is 19.5 Å². The van der Waals surface area contributed by atoms with Crippen LogP contribution in [-0.4, -0.2) is 71.9 Å². The number of hydrogen-bond donors (Lipinski definition) is 0. The van der Waals surface area contributed by atoms with Gasteiger partial charge < -0.3 is 9.47 Å². The van der Waals surface area contributed by atoms with Crippen LogP contribution in [0.1, 0.15) is 15.4 Å². The second-order valence-corrected chi connectivity index (χ2v) is 8.19. The fourth-order valence-electron chi connectivity index (χ4n) is 3.04. The van der Waals surface area contributed by atoms with Crippen LogP contribution < -0.4 is 9.64 Å². The van der Waals surface area contributed by atoms with Crippen molar-refractivity contribution in [3.63, 3.8) is 0 Å². The van der Waals surface area contributed by atoms with Crippen LogP contribution in [0, 0.1) is 6.92 Å². The second kappa shape index (κ2) is 8.48. The lowest BCUT2D eigenvalue weighted by Gasteiger charge is -2.29. The smallest absolute Gasteiger partial charge is 0.273 e. The maximum Gasteiger partial charge on any atom is 0.273 e.